The first-order valence-corrected chi connectivity index (χ1v) is 10.2. The molecule has 1 unspecified atom stereocenters. The van der Waals surface area contributed by atoms with Gasteiger partial charge in [-0.1, -0.05) is 19.9 Å². The molecule has 0 fully saturated rings. The van der Waals surface area contributed by atoms with Crippen molar-refractivity contribution < 1.29 is 28.6 Å². The van der Waals surface area contributed by atoms with Crippen LogP contribution in [0.3, 0.4) is 0 Å². The second kappa shape index (κ2) is 12.2. The molecule has 8 nitrogen and oxygen atoms in total. The normalized spacial score (nSPS) is 11.2. The highest BCUT2D eigenvalue weighted by Gasteiger charge is 2.11. The van der Waals surface area contributed by atoms with Crippen molar-refractivity contribution in [3.63, 3.8) is 0 Å². The summed E-state index contributed by atoms with van der Waals surface area (Å²) in [6, 6.07) is 13.0. The van der Waals surface area contributed by atoms with Crippen molar-refractivity contribution in [2.24, 2.45) is 0 Å². The lowest BCUT2D eigenvalue weighted by atomic mass is 10.2. The van der Waals surface area contributed by atoms with E-state index in [-0.39, 0.29) is 12.7 Å². The van der Waals surface area contributed by atoms with E-state index in [0.29, 0.717) is 29.2 Å². The molecule has 0 aromatic heterocycles. The summed E-state index contributed by atoms with van der Waals surface area (Å²) in [5, 5.41) is 0. The summed E-state index contributed by atoms with van der Waals surface area (Å²) < 4.78 is 16.1. The number of ether oxygens (including phenoxy) is 3. The minimum Gasteiger partial charge on any atom is -0.491 e. The van der Waals surface area contributed by atoms with E-state index in [1.807, 2.05) is 20.8 Å². The lowest BCUT2D eigenvalue weighted by Gasteiger charge is -2.13. The monoisotopic (exact) mass is 428 g/mol. The number of carbonyl (C=O) groups is 3. The summed E-state index contributed by atoms with van der Waals surface area (Å²) >= 11 is 0. The average Bonchev–Trinajstić information content (AvgIpc) is 2.79. The largest absolute Gasteiger partial charge is 0.491 e. The maximum Gasteiger partial charge on any atom is 0.338 e. The predicted octanol–water partition coefficient (Wildman–Crippen LogP) is 3.27. The van der Waals surface area contributed by atoms with E-state index < -0.39 is 17.8 Å². The standard InChI is InChI=1S/C23H28N2O6/c1-4-13-29-23(28)17-9-11-19(12-10-17)30-15-21(26)24-25-22(27)18-7-6-8-20(14-18)31-16(3)5-2/h6-12,14,16H,4-5,13,15H2,1-3H3,(H,24,26)(H,25,27). The Morgan fingerprint density at radius 1 is 0.935 bits per heavy atom. The Labute approximate surface area is 181 Å². The minimum absolute atomic E-state index is 0.0335. The Kier molecular flexibility index (Phi) is 9.35. The molecule has 2 aromatic carbocycles. The van der Waals surface area contributed by atoms with Crippen LogP contribution < -0.4 is 20.3 Å². The fraction of sp³-hybridized carbons (Fsp3) is 0.348. The van der Waals surface area contributed by atoms with E-state index in [2.05, 4.69) is 10.9 Å². The van der Waals surface area contributed by atoms with Gasteiger partial charge >= 0.3 is 5.97 Å². The fourth-order valence-corrected chi connectivity index (χ4v) is 2.38. The third-order valence-corrected chi connectivity index (χ3v) is 4.22. The van der Waals surface area contributed by atoms with Crippen LogP contribution in [0.5, 0.6) is 11.5 Å². The molecule has 0 radical (unpaired) electrons. The highest BCUT2D eigenvalue weighted by Crippen LogP contribution is 2.16. The van der Waals surface area contributed by atoms with Crippen LogP contribution >= 0.6 is 0 Å². The molecular formula is C23H28N2O6. The molecule has 31 heavy (non-hydrogen) atoms. The van der Waals surface area contributed by atoms with Gasteiger partial charge in [-0.3, -0.25) is 20.4 Å². The summed E-state index contributed by atoms with van der Waals surface area (Å²) in [6.07, 6.45) is 1.62. The summed E-state index contributed by atoms with van der Waals surface area (Å²) in [4.78, 5) is 35.9. The number of esters is 1. The lowest BCUT2D eigenvalue weighted by molar-refractivity contribution is -0.123. The molecule has 0 aliphatic heterocycles. The number of nitrogens with one attached hydrogen (secondary N) is 2. The Balaban J connectivity index is 1.78. The fourth-order valence-electron chi connectivity index (χ4n) is 2.38. The van der Waals surface area contributed by atoms with Crippen LogP contribution in [0.1, 0.15) is 54.3 Å². The Morgan fingerprint density at radius 3 is 2.35 bits per heavy atom. The first-order chi connectivity index (χ1) is 14.9. The maximum atomic E-state index is 12.2. The van der Waals surface area contributed by atoms with Gasteiger partial charge in [0.25, 0.3) is 11.8 Å². The molecule has 0 bridgehead atoms. The highest BCUT2D eigenvalue weighted by molar-refractivity contribution is 5.95. The second-order valence-corrected chi connectivity index (χ2v) is 6.82. The molecule has 2 aromatic rings. The molecule has 2 amide bonds. The van der Waals surface area contributed by atoms with Gasteiger partial charge in [-0.15, -0.1) is 0 Å². The quantitative estimate of drug-likeness (QED) is 0.445. The van der Waals surface area contributed by atoms with Gasteiger partial charge in [0.1, 0.15) is 11.5 Å². The Bertz CT molecular complexity index is 882. The molecule has 0 aliphatic rings. The number of amides is 2. The number of benzene rings is 2. The van der Waals surface area contributed by atoms with Crippen molar-refractivity contribution in [1.29, 1.82) is 0 Å². The zero-order valence-electron chi connectivity index (χ0n) is 18.0. The van der Waals surface area contributed by atoms with Crippen molar-refractivity contribution in [3.8, 4) is 11.5 Å². The zero-order valence-corrected chi connectivity index (χ0v) is 18.0. The third kappa shape index (κ3) is 8.00. The number of rotatable bonds is 10. The first-order valence-electron chi connectivity index (χ1n) is 10.2. The minimum atomic E-state index is -0.535. The predicted molar refractivity (Wildman–Crippen MR) is 115 cm³/mol. The molecule has 0 spiro atoms. The number of hydrogen-bond donors (Lipinski definition) is 2. The van der Waals surface area contributed by atoms with Gasteiger partial charge in [0.05, 0.1) is 18.3 Å². The van der Waals surface area contributed by atoms with Crippen molar-refractivity contribution >= 4 is 17.8 Å². The Morgan fingerprint density at radius 2 is 1.68 bits per heavy atom. The summed E-state index contributed by atoms with van der Waals surface area (Å²) in [7, 11) is 0. The third-order valence-electron chi connectivity index (χ3n) is 4.22. The number of hydrazine groups is 1. The van der Waals surface area contributed by atoms with Crippen molar-refractivity contribution in [2.75, 3.05) is 13.2 Å². The van der Waals surface area contributed by atoms with E-state index in [4.69, 9.17) is 14.2 Å². The first kappa shape index (κ1) is 23.7. The molecule has 0 aliphatic carbocycles. The lowest BCUT2D eigenvalue weighted by Crippen LogP contribution is -2.43. The second-order valence-electron chi connectivity index (χ2n) is 6.82. The van der Waals surface area contributed by atoms with Crippen molar-refractivity contribution in [2.45, 2.75) is 39.7 Å². The van der Waals surface area contributed by atoms with Gasteiger partial charge in [-0.25, -0.2) is 4.79 Å². The Hall–Kier alpha value is -3.55. The van der Waals surface area contributed by atoms with Crippen LogP contribution in [0, 0.1) is 0 Å². The van der Waals surface area contributed by atoms with Gasteiger partial charge < -0.3 is 14.2 Å². The van der Waals surface area contributed by atoms with Crippen LogP contribution in [0.15, 0.2) is 48.5 Å². The molecule has 8 heteroatoms. The molecule has 1 atom stereocenters. The average molecular weight is 428 g/mol. The van der Waals surface area contributed by atoms with Crippen LogP contribution in [-0.2, 0) is 9.53 Å². The molecule has 0 heterocycles. The van der Waals surface area contributed by atoms with Gasteiger partial charge in [-0.2, -0.15) is 0 Å². The summed E-state index contributed by atoms with van der Waals surface area (Å²) in [6.45, 7) is 5.92. The van der Waals surface area contributed by atoms with Crippen LogP contribution in [0.4, 0.5) is 0 Å². The van der Waals surface area contributed by atoms with Crippen molar-refractivity contribution in [1.82, 2.24) is 10.9 Å². The van der Waals surface area contributed by atoms with Crippen LogP contribution in [-0.4, -0.2) is 37.1 Å². The molecule has 166 valence electrons. The molecule has 0 saturated carbocycles. The van der Waals surface area contributed by atoms with E-state index in [1.165, 1.54) is 0 Å². The van der Waals surface area contributed by atoms with Gasteiger partial charge in [0.2, 0.25) is 0 Å². The van der Waals surface area contributed by atoms with E-state index in [1.54, 1.807) is 48.5 Å². The molecule has 0 saturated heterocycles. The number of carbonyl (C=O) groups excluding carboxylic acids is 3. The van der Waals surface area contributed by atoms with Gasteiger partial charge in [0.15, 0.2) is 6.61 Å². The van der Waals surface area contributed by atoms with Gasteiger partial charge in [0, 0.05) is 5.56 Å². The topological polar surface area (TPSA) is 103 Å². The van der Waals surface area contributed by atoms with Crippen molar-refractivity contribution in [3.05, 3.63) is 59.7 Å². The van der Waals surface area contributed by atoms with E-state index in [0.717, 1.165) is 12.8 Å². The van der Waals surface area contributed by atoms with E-state index >= 15 is 0 Å². The van der Waals surface area contributed by atoms with Gasteiger partial charge in [-0.05, 0) is 62.2 Å². The molecule has 2 N–H and O–H groups in total. The SMILES string of the molecule is CCCOC(=O)c1ccc(OCC(=O)NNC(=O)c2cccc(OC(C)CC)c2)cc1. The molecular weight excluding hydrogens is 400 g/mol. The maximum absolute atomic E-state index is 12.2. The van der Waals surface area contributed by atoms with E-state index in [9.17, 15) is 14.4 Å². The van der Waals surface area contributed by atoms with Crippen LogP contribution in [0.25, 0.3) is 0 Å². The zero-order chi connectivity index (χ0) is 22.6. The van der Waals surface area contributed by atoms with Crippen LogP contribution in [0.2, 0.25) is 0 Å². The number of hydrogen-bond acceptors (Lipinski definition) is 6. The smallest absolute Gasteiger partial charge is 0.338 e. The highest BCUT2D eigenvalue weighted by atomic mass is 16.5. The summed E-state index contributed by atoms with van der Waals surface area (Å²) in [5.74, 6) is -0.431. The molecule has 2 rings (SSSR count). The summed E-state index contributed by atoms with van der Waals surface area (Å²) in [5.41, 5.74) is 5.39.